The highest BCUT2D eigenvalue weighted by atomic mass is 35.5. The van der Waals surface area contributed by atoms with Crippen molar-refractivity contribution in [1.29, 1.82) is 0 Å². The summed E-state index contributed by atoms with van der Waals surface area (Å²) in [5, 5.41) is 5.95. The van der Waals surface area contributed by atoms with Gasteiger partial charge in [0.05, 0.1) is 18.1 Å². The van der Waals surface area contributed by atoms with Gasteiger partial charge in [-0.15, -0.1) is 0 Å². The van der Waals surface area contributed by atoms with Gasteiger partial charge in [0.2, 0.25) is 0 Å². The average molecular weight is 375 g/mol. The van der Waals surface area contributed by atoms with Crippen molar-refractivity contribution in [2.24, 2.45) is 0 Å². The van der Waals surface area contributed by atoms with E-state index >= 15 is 0 Å². The fourth-order valence-corrected chi connectivity index (χ4v) is 3.64. The number of fused-ring (bicyclic) bond motifs is 1. The molecule has 0 bridgehead atoms. The van der Waals surface area contributed by atoms with Crippen LogP contribution in [-0.4, -0.2) is 47.2 Å². The number of nitrogens with zero attached hydrogens (tertiary/aromatic N) is 3. The van der Waals surface area contributed by atoms with Crippen molar-refractivity contribution < 1.29 is 9.53 Å². The number of halogens is 1. The van der Waals surface area contributed by atoms with E-state index in [9.17, 15) is 4.79 Å². The van der Waals surface area contributed by atoms with E-state index in [1.165, 1.54) is 11.3 Å². The first kappa shape index (κ1) is 16.3. The van der Waals surface area contributed by atoms with Crippen LogP contribution in [0.3, 0.4) is 0 Å². The largest absolute Gasteiger partial charge is 0.378 e. The minimum absolute atomic E-state index is 0.138. The molecule has 6 nitrogen and oxygen atoms in total. The molecule has 2 aromatic heterocycles. The maximum absolute atomic E-state index is 12.2. The van der Waals surface area contributed by atoms with E-state index < -0.39 is 0 Å². The van der Waals surface area contributed by atoms with Crippen LogP contribution in [0.1, 0.15) is 0 Å². The van der Waals surface area contributed by atoms with Crippen molar-refractivity contribution >= 4 is 44.9 Å². The minimum atomic E-state index is -0.138. The van der Waals surface area contributed by atoms with Gasteiger partial charge in [-0.25, -0.2) is 14.8 Å². The van der Waals surface area contributed by atoms with Crippen LogP contribution in [0.2, 0.25) is 5.15 Å². The monoisotopic (exact) mass is 374 g/mol. The van der Waals surface area contributed by atoms with Crippen molar-refractivity contribution in [3.05, 3.63) is 41.8 Å². The number of urea groups is 1. The van der Waals surface area contributed by atoms with Crippen LogP contribution < -0.4 is 5.32 Å². The lowest BCUT2D eigenvalue weighted by atomic mass is 10.1. The number of pyridine rings is 1. The molecule has 3 heterocycles. The van der Waals surface area contributed by atoms with Gasteiger partial charge in [-0.2, -0.15) is 0 Å². The number of nitrogens with one attached hydrogen (secondary N) is 1. The zero-order valence-electron chi connectivity index (χ0n) is 13.2. The number of amides is 2. The molecule has 1 saturated heterocycles. The number of thiazole rings is 1. The smallest absolute Gasteiger partial charge is 0.323 e. The van der Waals surface area contributed by atoms with Crippen LogP contribution >= 0.6 is 22.9 Å². The molecule has 8 heteroatoms. The van der Waals surface area contributed by atoms with E-state index in [4.69, 9.17) is 16.3 Å². The maximum atomic E-state index is 12.2. The van der Waals surface area contributed by atoms with E-state index in [0.717, 1.165) is 21.2 Å². The molecule has 128 valence electrons. The van der Waals surface area contributed by atoms with Gasteiger partial charge >= 0.3 is 6.03 Å². The molecule has 25 heavy (non-hydrogen) atoms. The average Bonchev–Trinajstić information content (AvgIpc) is 3.10. The van der Waals surface area contributed by atoms with Crippen molar-refractivity contribution in [3.8, 4) is 10.4 Å². The van der Waals surface area contributed by atoms with Crippen LogP contribution in [-0.2, 0) is 4.74 Å². The molecular formula is C17H15ClN4O2S. The van der Waals surface area contributed by atoms with Gasteiger partial charge in [-0.3, -0.25) is 5.32 Å². The van der Waals surface area contributed by atoms with Crippen LogP contribution in [0.4, 0.5) is 9.93 Å². The number of benzene rings is 1. The number of hydrogen-bond acceptors (Lipinski definition) is 5. The third-order valence-electron chi connectivity index (χ3n) is 3.99. The molecule has 1 aromatic carbocycles. The molecule has 0 saturated carbocycles. The Morgan fingerprint density at radius 1 is 1.16 bits per heavy atom. The third kappa shape index (κ3) is 3.58. The second-order valence-electron chi connectivity index (χ2n) is 5.63. The predicted molar refractivity (Wildman–Crippen MR) is 99.3 cm³/mol. The van der Waals surface area contributed by atoms with Gasteiger partial charge in [0.25, 0.3) is 0 Å². The van der Waals surface area contributed by atoms with Crippen molar-refractivity contribution in [2.45, 2.75) is 0 Å². The fraction of sp³-hybridized carbons (Fsp3) is 0.235. The molecule has 3 aromatic rings. The van der Waals surface area contributed by atoms with Gasteiger partial charge in [-0.05, 0) is 23.1 Å². The standard InChI is InChI=1S/C17H15ClN4O2S/c18-15-8-13-7-11(1-2-12(13)9-19-15)14-10-20-16(25-14)21-17(23)22-3-5-24-6-4-22/h1-2,7-10H,3-6H2,(H,20,21,23). The number of hydrogen-bond donors (Lipinski definition) is 1. The van der Waals surface area contributed by atoms with E-state index in [-0.39, 0.29) is 6.03 Å². The Labute approximate surface area is 153 Å². The molecule has 1 fully saturated rings. The zero-order chi connectivity index (χ0) is 17.2. The van der Waals surface area contributed by atoms with Crippen LogP contribution in [0.15, 0.2) is 36.7 Å². The van der Waals surface area contributed by atoms with Crippen LogP contribution in [0.25, 0.3) is 21.2 Å². The molecule has 1 aliphatic heterocycles. The summed E-state index contributed by atoms with van der Waals surface area (Å²) < 4.78 is 5.26. The van der Waals surface area contributed by atoms with Gasteiger partial charge in [0, 0.05) is 30.9 Å². The molecule has 0 unspecified atom stereocenters. The van der Waals surface area contributed by atoms with Crippen molar-refractivity contribution in [2.75, 3.05) is 31.6 Å². The van der Waals surface area contributed by atoms with E-state index in [1.807, 2.05) is 24.3 Å². The summed E-state index contributed by atoms with van der Waals surface area (Å²) in [4.78, 5) is 23.3. The van der Waals surface area contributed by atoms with Gasteiger partial charge in [-0.1, -0.05) is 35.1 Å². The van der Waals surface area contributed by atoms with Gasteiger partial charge in [0.15, 0.2) is 5.13 Å². The number of carbonyl (C=O) groups excluding carboxylic acids is 1. The lowest BCUT2D eigenvalue weighted by Crippen LogP contribution is -2.43. The molecule has 4 rings (SSSR count). The second-order valence-corrected chi connectivity index (χ2v) is 7.05. The molecule has 1 N–H and O–H groups in total. The van der Waals surface area contributed by atoms with Crippen molar-refractivity contribution in [3.63, 3.8) is 0 Å². The normalized spacial score (nSPS) is 14.7. The Hall–Kier alpha value is -2.22. The highest BCUT2D eigenvalue weighted by Crippen LogP contribution is 2.31. The minimum Gasteiger partial charge on any atom is -0.378 e. The quantitative estimate of drug-likeness (QED) is 0.691. The van der Waals surface area contributed by atoms with Crippen molar-refractivity contribution in [1.82, 2.24) is 14.9 Å². The van der Waals surface area contributed by atoms with Crippen LogP contribution in [0, 0.1) is 0 Å². The molecule has 0 aliphatic carbocycles. The Kier molecular flexibility index (Phi) is 4.52. The number of anilines is 1. The number of aromatic nitrogens is 2. The van der Waals surface area contributed by atoms with Gasteiger partial charge in [0.1, 0.15) is 5.15 Å². The first-order valence-electron chi connectivity index (χ1n) is 7.84. The van der Waals surface area contributed by atoms with E-state index in [0.29, 0.717) is 36.6 Å². The Morgan fingerprint density at radius 3 is 2.84 bits per heavy atom. The summed E-state index contributed by atoms with van der Waals surface area (Å²) in [7, 11) is 0. The van der Waals surface area contributed by atoms with Gasteiger partial charge < -0.3 is 9.64 Å². The lowest BCUT2D eigenvalue weighted by molar-refractivity contribution is 0.0564. The summed E-state index contributed by atoms with van der Waals surface area (Å²) in [5.41, 5.74) is 1.03. The molecule has 0 spiro atoms. The lowest BCUT2D eigenvalue weighted by Gasteiger charge is -2.26. The molecular weight excluding hydrogens is 360 g/mol. The summed E-state index contributed by atoms with van der Waals surface area (Å²) >= 11 is 7.41. The molecule has 0 radical (unpaired) electrons. The Bertz CT molecular complexity index is 924. The Balaban J connectivity index is 1.53. The first-order valence-corrected chi connectivity index (χ1v) is 9.04. The topological polar surface area (TPSA) is 67.4 Å². The third-order valence-corrected chi connectivity index (χ3v) is 5.16. The van der Waals surface area contributed by atoms with E-state index in [1.54, 1.807) is 17.3 Å². The van der Waals surface area contributed by atoms with Crippen LogP contribution in [0.5, 0.6) is 0 Å². The van der Waals surface area contributed by atoms with E-state index in [2.05, 4.69) is 15.3 Å². The summed E-state index contributed by atoms with van der Waals surface area (Å²) in [6.45, 7) is 2.35. The fourth-order valence-electron chi connectivity index (χ4n) is 2.67. The number of rotatable bonds is 2. The molecule has 1 aliphatic rings. The summed E-state index contributed by atoms with van der Waals surface area (Å²) in [6, 6.07) is 7.76. The highest BCUT2D eigenvalue weighted by molar-refractivity contribution is 7.19. The molecule has 2 amide bonds. The highest BCUT2D eigenvalue weighted by Gasteiger charge is 2.18. The predicted octanol–water partition coefficient (Wildman–Crippen LogP) is 3.88. The zero-order valence-corrected chi connectivity index (χ0v) is 14.8. The number of morpholine rings is 1. The first-order chi connectivity index (χ1) is 12.2. The summed E-state index contributed by atoms with van der Waals surface area (Å²) in [6.07, 6.45) is 3.52. The Morgan fingerprint density at radius 2 is 2.00 bits per heavy atom. The maximum Gasteiger partial charge on any atom is 0.323 e. The second kappa shape index (κ2) is 6.95. The molecule has 0 atom stereocenters. The number of carbonyl (C=O) groups is 1. The SMILES string of the molecule is O=C(Nc1ncc(-c2ccc3cnc(Cl)cc3c2)s1)N1CCOCC1. The number of ether oxygens (including phenoxy) is 1. The summed E-state index contributed by atoms with van der Waals surface area (Å²) in [5.74, 6) is 0.